The topological polar surface area (TPSA) is 84.3 Å². The molecule has 1 heterocycles. The summed E-state index contributed by atoms with van der Waals surface area (Å²) in [5.41, 5.74) is 1.40. The maximum atomic E-state index is 12.1. The Kier molecular flexibility index (Phi) is 6.14. The lowest BCUT2D eigenvalue weighted by atomic mass is 10.2. The highest BCUT2D eigenvalue weighted by Gasteiger charge is 2.10. The Morgan fingerprint density at radius 1 is 1.33 bits per heavy atom. The van der Waals surface area contributed by atoms with Gasteiger partial charge in [0.2, 0.25) is 10.0 Å². The first-order valence-electron chi connectivity index (χ1n) is 7.27. The smallest absolute Gasteiger partial charge is 0.251 e. The minimum atomic E-state index is -3.18. The Morgan fingerprint density at radius 3 is 2.54 bits per heavy atom. The van der Waals surface area contributed by atoms with Gasteiger partial charge in [-0.1, -0.05) is 0 Å². The van der Waals surface area contributed by atoms with Gasteiger partial charge < -0.3 is 5.32 Å². The largest absolute Gasteiger partial charge is 0.352 e. The summed E-state index contributed by atoms with van der Waals surface area (Å²) in [6.45, 7) is 0.777. The van der Waals surface area contributed by atoms with Crippen LogP contribution in [-0.2, 0) is 10.0 Å². The molecule has 2 rings (SSSR count). The monoisotopic (exact) mass is 414 g/mol. The van der Waals surface area contributed by atoms with Crippen molar-refractivity contribution in [2.24, 2.45) is 0 Å². The molecule has 0 saturated carbocycles. The van der Waals surface area contributed by atoms with E-state index in [1.807, 2.05) is 18.3 Å². The van der Waals surface area contributed by atoms with Gasteiger partial charge in [0.25, 0.3) is 5.91 Å². The van der Waals surface area contributed by atoms with E-state index in [9.17, 15) is 13.2 Å². The number of hydrogen-bond donors (Lipinski definition) is 1. The third-order valence-corrected chi connectivity index (χ3v) is 5.17. The van der Waals surface area contributed by atoms with Crippen LogP contribution >= 0.6 is 15.9 Å². The van der Waals surface area contributed by atoms with Crippen molar-refractivity contribution in [3.05, 3.63) is 46.7 Å². The molecule has 0 fully saturated rings. The van der Waals surface area contributed by atoms with E-state index in [4.69, 9.17) is 0 Å². The Balaban J connectivity index is 1.85. The van der Waals surface area contributed by atoms with Crippen LogP contribution in [0.4, 0.5) is 0 Å². The summed E-state index contributed by atoms with van der Waals surface area (Å²) < 4.78 is 26.4. The first kappa shape index (κ1) is 18.6. The number of carbonyl (C=O) groups excluding carboxylic acids is 1. The van der Waals surface area contributed by atoms with Gasteiger partial charge >= 0.3 is 0 Å². The van der Waals surface area contributed by atoms with Crippen LogP contribution in [0.1, 0.15) is 16.8 Å². The molecule has 130 valence electrons. The predicted octanol–water partition coefficient (Wildman–Crippen LogP) is 1.65. The van der Waals surface area contributed by atoms with Crippen molar-refractivity contribution in [1.29, 1.82) is 0 Å². The van der Waals surface area contributed by atoms with Crippen LogP contribution < -0.4 is 5.32 Å². The van der Waals surface area contributed by atoms with Gasteiger partial charge in [-0.2, -0.15) is 5.10 Å². The zero-order valence-corrected chi connectivity index (χ0v) is 15.8. The number of halogens is 1. The highest BCUT2D eigenvalue weighted by Crippen LogP contribution is 2.13. The highest BCUT2D eigenvalue weighted by atomic mass is 79.9. The zero-order valence-electron chi connectivity index (χ0n) is 13.4. The molecule has 1 aromatic heterocycles. The second kappa shape index (κ2) is 7.91. The third-order valence-electron chi connectivity index (χ3n) is 3.45. The number of carbonyl (C=O) groups is 1. The van der Waals surface area contributed by atoms with Gasteiger partial charge in [-0.15, -0.1) is 0 Å². The number of benzene rings is 1. The maximum absolute atomic E-state index is 12.1. The molecule has 1 aromatic carbocycles. The number of nitrogens with zero attached hydrogens (tertiary/aromatic N) is 3. The molecule has 1 N–H and O–H groups in total. The molecule has 0 radical (unpaired) electrons. The van der Waals surface area contributed by atoms with Crippen molar-refractivity contribution in [3.63, 3.8) is 0 Å². The van der Waals surface area contributed by atoms with Crippen molar-refractivity contribution >= 4 is 31.9 Å². The normalized spacial score (nSPS) is 11.7. The predicted molar refractivity (Wildman–Crippen MR) is 95.7 cm³/mol. The molecule has 0 saturated heterocycles. The van der Waals surface area contributed by atoms with E-state index < -0.39 is 10.0 Å². The van der Waals surface area contributed by atoms with E-state index in [1.54, 1.807) is 23.0 Å². The van der Waals surface area contributed by atoms with E-state index in [0.717, 1.165) is 16.4 Å². The Bertz CT molecular complexity index is 802. The molecule has 0 unspecified atom stereocenters. The summed E-state index contributed by atoms with van der Waals surface area (Å²) >= 11 is 3.34. The molecule has 0 spiro atoms. The maximum Gasteiger partial charge on any atom is 0.251 e. The van der Waals surface area contributed by atoms with Crippen LogP contribution in [0.5, 0.6) is 0 Å². The molecular formula is C15H19BrN4O3S. The summed E-state index contributed by atoms with van der Waals surface area (Å²) in [6, 6.07) is 7.07. The average molecular weight is 415 g/mol. The molecule has 24 heavy (non-hydrogen) atoms. The molecule has 9 heteroatoms. The van der Waals surface area contributed by atoms with E-state index in [0.29, 0.717) is 25.1 Å². The van der Waals surface area contributed by atoms with Crippen molar-refractivity contribution in [1.82, 2.24) is 19.4 Å². The fraction of sp³-hybridized carbons (Fsp3) is 0.333. The second-order valence-electron chi connectivity index (χ2n) is 5.34. The fourth-order valence-corrected chi connectivity index (χ4v) is 2.73. The average Bonchev–Trinajstić information content (AvgIpc) is 2.97. The molecule has 1 amide bonds. The summed E-state index contributed by atoms with van der Waals surface area (Å²) in [5.74, 6) is -0.190. The molecule has 0 bridgehead atoms. The van der Waals surface area contributed by atoms with E-state index in [2.05, 4.69) is 26.3 Å². The van der Waals surface area contributed by atoms with Gasteiger partial charge in [0.1, 0.15) is 0 Å². The van der Waals surface area contributed by atoms with Crippen LogP contribution in [0.3, 0.4) is 0 Å². The van der Waals surface area contributed by atoms with Gasteiger partial charge in [0, 0.05) is 31.9 Å². The summed E-state index contributed by atoms with van der Waals surface area (Å²) in [4.78, 5) is 12.1. The summed E-state index contributed by atoms with van der Waals surface area (Å²) in [7, 11) is -1.66. The lowest BCUT2D eigenvalue weighted by Crippen LogP contribution is -2.30. The zero-order chi connectivity index (χ0) is 17.7. The lowest BCUT2D eigenvalue weighted by molar-refractivity contribution is 0.0953. The Morgan fingerprint density at radius 2 is 2.00 bits per heavy atom. The van der Waals surface area contributed by atoms with Gasteiger partial charge in [0.05, 0.1) is 22.6 Å². The number of sulfonamides is 1. The molecule has 0 atom stereocenters. The number of rotatable bonds is 7. The van der Waals surface area contributed by atoms with Crippen LogP contribution in [0, 0.1) is 0 Å². The van der Waals surface area contributed by atoms with Gasteiger partial charge in [-0.3, -0.25) is 4.79 Å². The Labute approximate surface area is 149 Å². The fourth-order valence-electron chi connectivity index (χ4n) is 1.98. The van der Waals surface area contributed by atoms with Crippen molar-refractivity contribution in [2.45, 2.75) is 6.42 Å². The summed E-state index contributed by atoms with van der Waals surface area (Å²) in [6.07, 6.45) is 5.22. The first-order valence-corrected chi connectivity index (χ1v) is 9.91. The van der Waals surface area contributed by atoms with Gasteiger partial charge in [0.15, 0.2) is 0 Å². The van der Waals surface area contributed by atoms with Gasteiger partial charge in [-0.05, 0) is 46.6 Å². The lowest BCUT2D eigenvalue weighted by Gasteiger charge is -2.13. The molecular weight excluding hydrogens is 396 g/mol. The quantitative estimate of drug-likeness (QED) is 0.697. The first-order chi connectivity index (χ1) is 11.3. The van der Waals surface area contributed by atoms with Crippen LogP contribution in [0.25, 0.3) is 5.69 Å². The summed E-state index contributed by atoms with van der Waals surface area (Å²) in [5, 5.41) is 6.95. The second-order valence-corrected chi connectivity index (χ2v) is 8.35. The molecule has 2 aromatic rings. The Hall–Kier alpha value is -1.71. The van der Waals surface area contributed by atoms with Crippen molar-refractivity contribution < 1.29 is 13.2 Å². The number of aromatic nitrogens is 2. The molecule has 0 aliphatic carbocycles. The number of hydrogen-bond acceptors (Lipinski definition) is 4. The minimum Gasteiger partial charge on any atom is -0.352 e. The van der Waals surface area contributed by atoms with Crippen LogP contribution in [0.15, 0.2) is 41.1 Å². The van der Waals surface area contributed by atoms with Crippen molar-refractivity contribution in [3.8, 4) is 5.69 Å². The van der Waals surface area contributed by atoms with Gasteiger partial charge in [-0.25, -0.2) is 17.4 Å². The van der Waals surface area contributed by atoms with E-state index in [1.165, 1.54) is 11.4 Å². The minimum absolute atomic E-state index is 0.190. The highest BCUT2D eigenvalue weighted by molar-refractivity contribution is 9.10. The standard InChI is InChI=1S/C15H19BrN4O3S/c1-19(24(2,22)23)9-3-8-17-15(21)12-4-6-14(7-5-12)20-11-13(16)10-18-20/h4-7,10-11H,3,8-9H2,1-2H3,(H,17,21). The number of amides is 1. The molecule has 0 aliphatic heterocycles. The third kappa shape index (κ3) is 5.15. The SMILES string of the molecule is CN(CCCNC(=O)c1ccc(-n2cc(Br)cn2)cc1)S(C)(=O)=O. The van der Waals surface area contributed by atoms with Crippen molar-refractivity contribution in [2.75, 3.05) is 26.4 Å². The number of nitrogens with one attached hydrogen (secondary N) is 1. The van der Waals surface area contributed by atoms with E-state index in [-0.39, 0.29) is 5.91 Å². The molecule has 7 nitrogen and oxygen atoms in total. The van der Waals surface area contributed by atoms with E-state index >= 15 is 0 Å². The van der Waals surface area contributed by atoms with Crippen LogP contribution in [0.2, 0.25) is 0 Å². The van der Waals surface area contributed by atoms with Crippen LogP contribution in [-0.4, -0.2) is 54.8 Å². The molecule has 0 aliphatic rings.